The molecule has 1 aromatic carbocycles. The van der Waals surface area contributed by atoms with Crippen LogP contribution in [-0.4, -0.2) is 0 Å². The van der Waals surface area contributed by atoms with Gasteiger partial charge in [0.15, 0.2) is 0 Å². The average molecular weight is 181 g/mol. The van der Waals surface area contributed by atoms with E-state index in [1.54, 1.807) is 0 Å². The third-order valence-corrected chi connectivity index (χ3v) is 2.28. The lowest BCUT2D eigenvalue weighted by atomic mass is 10.1. The number of allylic oxidation sites excluding steroid dienone is 1. The van der Waals surface area contributed by atoms with Crippen LogP contribution in [0.25, 0.3) is 5.57 Å². The Morgan fingerprint density at radius 1 is 1.50 bits per heavy atom. The molecule has 0 unspecified atom stereocenters. The second kappa shape index (κ2) is 3.77. The monoisotopic (exact) mass is 180 g/mol. The van der Waals surface area contributed by atoms with Crippen LogP contribution in [0.2, 0.25) is 5.02 Å². The quantitative estimate of drug-likeness (QED) is 0.647. The van der Waals surface area contributed by atoms with Crippen LogP contribution in [0, 0.1) is 0 Å². The van der Waals surface area contributed by atoms with E-state index >= 15 is 0 Å². The first kappa shape index (κ1) is 9.34. The molecule has 0 aliphatic carbocycles. The third-order valence-electron chi connectivity index (χ3n) is 1.93. The van der Waals surface area contributed by atoms with E-state index in [4.69, 9.17) is 11.6 Å². The molecular formula is C11H13Cl. The molecule has 0 nitrogen and oxygen atoms in total. The zero-order valence-electron chi connectivity index (χ0n) is 7.52. The maximum absolute atomic E-state index is 6.03. The fourth-order valence-electron chi connectivity index (χ4n) is 1.10. The standard InChI is InChI=1S/C11H13Cl/c1-4-9-5-6-10(8(2)3)7-11(9)12/h5-7H,2,4H2,1,3H3. The minimum Gasteiger partial charge on any atom is -0.0955 e. The number of hydrogen-bond donors (Lipinski definition) is 0. The Kier molecular flexibility index (Phi) is 2.93. The molecule has 0 spiro atoms. The van der Waals surface area contributed by atoms with Crippen molar-refractivity contribution in [2.45, 2.75) is 20.3 Å². The van der Waals surface area contributed by atoms with Gasteiger partial charge in [-0.15, -0.1) is 0 Å². The molecular weight excluding hydrogens is 168 g/mol. The molecule has 64 valence electrons. The first-order valence-corrected chi connectivity index (χ1v) is 4.47. The molecule has 1 aromatic rings. The molecule has 0 fully saturated rings. The number of hydrogen-bond acceptors (Lipinski definition) is 0. The smallest absolute Gasteiger partial charge is 0.0443 e. The highest BCUT2D eigenvalue weighted by Crippen LogP contribution is 2.21. The molecule has 0 aromatic heterocycles. The van der Waals surface area contributed by atoms with E-state index in [1.165, 1.54) is 5.56 Å². The second-order valence-corrected chi connectivity index (χ2v) is 3.35. The normalized spacial score (nSPS) is 9.92. The van der Waals surface area contributed by atoms with Gasteiger partial charge in [-0.25, -0.2) is 0 Å². The number of aryl methyl sites for hydroxylation is 1. The van der Waals surface area contributed by atoms with Crippen LogP contribution in [0.4, 0.5) is 0 Å². The average Bonchev–Trinajstić information content (AvgIpc) is 2.04. The Morgan fingerprint density at radius 3 is 2.58 bits per heavy atom. The molecule has 1 heteroatoms. The SMILES string of the molecule is C=C(C)c1ccc(CC)c(Cl)c1. The number of halogens is 1. The zero-order valence-corrected chi connectivity index (χ0v) is 8.28. The third kappa shape index (κ3) is 1.89. The Balaban J connectivity index is 3.10. The molecule has 12 heavy (non-hydrogen) atoms. The highest BCUT2D eigenvalue weighted by atomic mass is 35.5. The molecule has 0 saturated carbocycles. The largest absolute Gasteiger partial charge is 0.0955 e. The van der Waals surface area contributed by atoms with Gasteiger partial charge in [0, 0.05) is 5.02 Å². The molecule has 0 radical (unpaired) electrons. The Labute approximate surface area is 78.9 Å². The minimum absolute atomic E-state index is 0.845. The summed E-state index contributed by atoms with van der Waals surface area (Å²) in [6.07, 6.45) is 0.981. The van der Waals surface area contributed by atoms with Crippen molar-refractivity contribution in [2.75, 3.05) is 0 Å². The van der Waals surface area contributed by atoms with Crippen LogP contribution in [-0.2, 0) is 6.42 Å². The van der Waals surface area contributed by atoms with Crippen LogP contribution in [0.3, 0.4) is 0 Å². The summed E-state index contributed by atoms with van der Waals surface area (Å²) < 4.78 is 0. The molecule has 0 amide bonds. The van der Waals surface area contributed by atoms with Crippen LogP contribution in [0.15, 0.2) is 24.8 Å². The lowest BCUT2D eigenvalue weighted by molar-refractivity contribution is 1.14. The van der Waals surface area contributed by atoms with E-state index in [9.17, 15) is 0 Å². The van der Waals surface area contributed by atoms with Crippen LogP contribution < -0.4 is 0 Å². The van der Waals surface area contributed by atoms with Crippen LogP contribution >= 0.6 is 11.6 Å². The first-order chi connectivity index (χ1) is 5.65. The van der Waals surface area contributed by atoms with Gasteiger partial charge >= 0.3 is 0 Å². The summed E-state index contributed by atoms with van der Waals surface area (Å²) in [7, 11) is 0. The first-order valence-electron chi connectivity index (χ1n) is 4.09. The van der Waals surface area contributed by atoms with Crippen molar-refractivity contribution in [1.82, 2.24) is 0 Å². The van der Waals surface area contributed by atoms with Crippen LogP contribution in [0.1, 0.15) is 25.0 Å². The van der Waals surface area contributed by atoms with Gasteiger partial charge in [0.2, 0.25) is 0 Å². The summed E-state index contributed by atoms with van der Waals surface area (Å²) >= 11 is 6.03. The van der Waals surface area contributed by atoms with Crippen molar-refractivity contribution >= 4 is 17.2 Å². The molecule has 1 rings (SSSR count). The molecule has 0 heterocycles. The predicted molar refractivity (Wildman–Crippen MR) is 55.5 cm³/mol. The van der Waals surface area contributed by atoms with Gasteiger partial charge in [-0.05, 0) is 30.5 Å². The van der Waals surface area contributed by atoms with Crippen LogP contribution in [0.5, 0.6) is 0 Å². The van der Waals surface area contributed by atoms with Crippen molar-refractivity contribution in [3.05, 3.63) is 40.9 Å². The Bertz CT molecular complexity index is 300. The van der Waals surface area contributed by atoms with Crippen molar-refractivity contribution in [3.63, 3.8) is 0 Å². The lowest BCUT2D eigenvalue weighted by Gasteiger charge is -2.04. The second-order valence-electron chi connectivity index (χ2n) is 2.94. The molecule has 0 saturated heterocycles. The molecule has 0 aliphatic rings. The lowest BCUT2D eigenvalue weighted by Crippen LogP contribution is -1.84. The van der Waals surface area contributed by atoms with Crippen molar-refractivity contribution in [2.24, 2.45) is 0 Å². The van der Waals surface area contributed by atoms with Gasteiger partial charge < -0.3 is 0 Å². The Morgan fingerprint density at radius 2 is 2.17 bits per heavy atom. The molecule has 0 N–H and O–H groups in total. The van der Waals surface area contributed by atoms with E-state index in [0.29, 0.717) is 0 Å². The summed E-state index contributed by atoms with van der Waals surface area (Å²) in [6, 6.07) is 6.10. The van der Waals surface area contributed by atoms with E-state index in [-0.39, 0.29) is 0 Å². The van der Waals surface area contributed by atoms with E-state index < -0.39 is 0 Å². The van der Waals surface area contributed by atoms with E-state index in [0.717, 1.165) is 22.6 Å². The van der Waals surface area contributed by atoms with Gasteiger partial charge in [-0.2, -0.15) is 0 Å². The summed E-state index contributed by atoms with van der Waals surface area (Å²) in [4.78, 5) is 0. The highest BCUT2D eigenvalue weighted by Gasteiger charge is 1.99. The van der Waals surface area contributed by atoms with Gasteiger partial charge in [0.1, 0.15) is 0 Å². The molecule has 0 bridgehead atoms. The fourth-order valence-corrected chi connectivity index (χ4v) is 1.41. The zero-order chi connectivity index (χ0) is 9.14. The summed E-state index contributed by atoms with van der Waals surface area (Å²) in [5, 5.41) is 0.845. The highest BCUT2D eigenvalue weighted by molar-refractivity contribution is 6.31. The van der Waals surface area contributed by atoms with E-state index in [1.807, 2.05) is 13.0 Å². The van der Waals surface area contributed by atoms with Crippen molar-refractivity contribution in [1.29, 1.82) is 0 Å². The van der Waals surface area contributed by atoms with Gasteiger partial charge in [0.05, 0.1) is 0 Å². The number of benzene rings is 1. The number of rotatable bonds is 2. The predicted octanol–water partition coefficient (Wildman–Crippen LogP) is 3.94. The van der Waals surface area contributed by atoms with Gasteiger partial charge in [0.25, 0.3) is 0 Å². The molecule has 0 aliphatic heterocycles. The summed E-state index contributed by atoms with van der Waals surface area (Å²) in [5.74, 6) is 0. The maximum Gasteiger partial charge on any atom is 0.0443 e. The topological polar surface area (TPSA) is 0 Å². The maximum atomic E-state index is 6.03. The summed E-state index contributed by atoms with van der Waals surface area (Å²) in [6.45, 7) is 7.95. The Hall–Kier alpha value is -0.750. The van der Waals surface area contributed by atoms with Crippen molar-refractivity contribution < 1.29 is 0 Å². The van der Waals surface area contributed by atoms with E-state index in [2.05, 4.69) is 25.6 Å². The van der Waals surface area contributed by atoms with Crippen molar-refractivity contribution in [3.8, 4) is 0 Å². The summed E-state index contributed by atoms with van der Waals surface area (Å²) in [5.41, 5.74) is 3.37. The fraction of sp³-hybridized carbons (Fsp3) is 0.273. The van der Waals surface area contributed by atoms with Gasteiger partial charge in [-0.3, -0.25) is 0 Å². The minimum atomic E-state index is 0.845. The van der Waals surface area contributed by atoms with Gasteiger partial charge in [-0.1, -0.05) is 42.8 Å². The molecule has 0 atom stereocenters.